The summed E-state index contributed by atoms with van der Waals surface area (Å²) < 4.78 is 5.08. The zero-order valence-electron chi connectivity index (χ0n) is 9.34. The molecule has 0 aromatic heterocycles. The molecule has 88 valence electrons. The molecule has 0 aromatic carbocycles. The van der Waals surface area contributed by atoms with E-state index in [-0.39, 0.29) is 6.61 Å². The second kappa shape index (κ2) is 7.65. The van der Waals surface area contributed by atoms with Gasteiger partial charge in [-0.1, -0.05) is 25.7 Å². The fourth-order valence-electron chi connectivity index (χ4n) is 1.99. The van der Waals surface area contributed by atoms with Gasteiger partial charge in [-0.3, -0.25) is 4.79 Å². The van der Waals surface area contributed by atoms with Crippen LogP contribution in [0.3, 0.4) is 0 Å². The molecule has 0 unspecified atom stereocenters. The molecule has 0 bridgehead atoms. The maximum absolute atomic E-state index is 10.4. The summed E-state index contributed by atoms with van der Waals surface area (Å²) >= 11 is 0. The fourth-order valence-corrected chi connectivity index (χ4v) is 1.99. The van der Waals surface area contributed by atoms with E-state index in [1.54, 1.807) is 0 Å². The van der Waals surface area contributed by atoms with Crippen molar-refractivity contribution in [3.05, 3.63) is 0 Å². The van der Waals surface area contributed by atoms with Gasteiger partial charge in [0.1, 0.15) is 6.61 Å². The highest BCUT2D eigenvalue weighted by molar-refractivity contribution is 5.74. The minimum absolute atomic E-state index is 0.0341. The molecule has 0 saturated heterocycles. The van der Waals surface area contributed by atoms with Crippen LogP contribution in [0.4, 0.5) is 0 Å². The van der Waals surface area contributed by atoms with Gasteiger partial charge in [0.25, 0.3) is 0 Å². The Kier molecular flexibility index (Phi) is 6.36. The molecule has 0 atom stereocenters. The number of carbonyl (C=O) groups is 1. The number of hydrogen-bond donors (Lipinski definition) is 2. The minimum atomic E-state index is -0.399. The minimum Gasteiger partial charge on any atom is -0.370 e. The highest BCUT2D eigenvalue weighted by Crippen LogP contribution is 2.16. The summed E-state index contributed by atoms with van der Waals surface area (Å²) in [5, 5.41) is 3.46. The molecule has 1 rings (SSSR count). The summed E-state index contributed by atoms with van der Waals surface area (Å²) in [5.41, 5.74) is 4.95. The second-order valence-electron chi connectivity index (χ2n) is 4.16. The molecule has 1 amide bonds. The Hall–Kier alpha value is -0.610. The van der Waals surface area contributed by atoms with E-state index in [4.69, 9.17) is 10.5 Å². The van der Waals surface area contributed by atoms with Crippen molar-refractivity contribution in [3.8, 4) is 0 Å². The second-order valence-corrected chi connectivity index (χ2v) is 4.16. The predicted molar refractivity (Wildman–Crippen MR) is 59.5 cm³/mol. The lowest BCUT2D eigenvalue weighted by Crippen LogP contribution is -2.32. The zero-order valence-corrected chi connectivity index (χ0v) is 9.34. The van der Waals surface area contributed by atoms with Crippen molar-refractivity contribution < 1.29 is 9.53 Å². The van der Waals surface area contributed by atoms with Gasteiger partial charge in [-0.15, -0.1) is 0 Å². The van der Waals surface area contributed by atoms with Gasteiger partial charge in [-0.05, 0) is 12.8 Å². The third-order valence-electron chi connectivity index (χ3n) is 2.78. The molecule has 1 fully saturated rings. The van der Waals surface area contributed by atoms with E-state index in [0.29, 0.717) is 12.6 Å². The Labute approximate surface area is 91.5 Å². The van der Waals surface area contributed by atoms with Crippen molar-refractivity contribution in [2.24, 2.45) is 5.73 Å². The standard InChI is InChI=1S/C11H22N2O2/c12-11(14)9-15-8-7-13-10-5-3-1-2-4-6-10/h10,13H,1-9H2,(H2,12,14). The average molecular weight is 214 g/mol. The first-order chi connectivity index (χ1) is 7.29. The quantitative estimate of drug-likeness (QED) is 0.508. The molecule has 1 aliphatic rings. The molecule has 4 nitrogen and oxygen atoms in total. The monoisotopic (exact) mass is 214 g/mol. The van der Waals surface area contributed by atoms with Gasteiger partial charge in [0, 0.05) is 12.6 Å². The third kappa shape index (κ3) is 6.47. The van der Waals surface area contributed by atoms with Gasteiger partial charge < -0.3 is 15.8 Å². The molecule has 0 radical (unpaired) electrons. The highest BCUT2D eigenvalue weighted by atomic mass is 16.5. The van der Waals surface area contributed by atoms with Gasteiger partial charge >= 0.3 is 0 Å². The van der Waals surface area contributed by atoms with Crippen molar-refractivity contribution in [3.63, 3.8) is 0 Å². The first-order valence-electron chi connectivity index (χ1n) is 5.88. The van der Waals surface area contributed by atoms with Crippen molar-refractivity contribution in [2.45, 2.75) is 44.6 Å². The molecular formula is C11H22N2O2. The van der Waals surface area contributed by atoms with E-state index < -0.39 is 5.91 Å². The first kappa shape index (κ1) is 12.5. The number of nitrogens with two attached hydrogens (primary N) is 1. The molecule has 4 heteroatoms. The Morgan fingerprint density at radius 1 is 1.27 bits per heavy atom. The largest absolute Gasteiger partial charge is 0.370 e. The topological polar surface area (TPSA) is 64.4 Å². The summed E-state index contributed by atoms with van der Waals surface area (Å²) in [6.45, 7) is 1.42. The van der Waals surface area contributed by atoms with E-state index >= 15 is 0 Å². The summed E-state index contributed by atoms with van der Waals surface area (Å²) in [6.07, 6.45) is 7.96. The van der Waals surface area contributed by atoms with Crippen LogP contribution < -0.4 is 11.1 Å². The lowest BCUT2D eigenvalue weighted by molar-refractivity contribution is -0.122. The fraction of sp³-hybridized carbons (Fsp3) is 0.909. The SMILES string of the molecule is NC(=O)COCCNC1CCCCCC1. The maximum Gasteiger partial charge on any atom is 0.243 e. The average Bonchev–Trinajstić information content (AvgIpc) is 2.45. The third-order valence-corrected chi connectivity index (χ3v) is 2.78. The Bertz CT molecular complexity index is 177. The Balaban J connectivity index is 1.96. The molecule has 1 aliphatic carbocycles. The van der Waals surface area contributed by atoms with Crippen LogP contribution in [-0.2, 0) is 9.53 Å². The van der Waals surface area contributed by atoms with Crippen LogP contribution in [0.25, 0.3) is 0 Å². The van der Waals surface area contributed by atoms with Gasteiger partial charge in [0.05, 0.1) is 6.61 Å². The summed E-state index contributed by atoms with van der Waals surface area (Å²) in [6, 6.07) is 0.643. The number of amides is 1. The molecule has 0 aromatic rings. The van der Waals surface area contributed by atoms with E-state index in [2.05, 4.69) is 5.32 Å². The molecular weight excluding hydrogens is 192 g/mol. The van der Waals surface area contributed by atoms with Crippen LogP contribution in [0.5, 0.6) is 0 Å². The maximum atomic E-state index is 10.4. The van der Waals surface area contributed by atoms with Crippen molar-refractivity contribution in [1.82, 2.24) is 5.32 Å². The normalized spacial score (nSPS) is 18.7. The molecule has 0 aliphatic heterocycles. The van der Waals surface area contributed by atoms with Crippen LogP contribution >= 0.6 is 0 Å². The van der Waals surface area contributed by atoms with E-state index in [1.165, 1.54) is 38.5 Å². The van der Waals surface area contributed by atoms with E-state index in [0.717, 1.165) is 6.54 Å². The van der Waals surface area contributed by atoms with Crippen LogP contribution in [0.15, 0.2) is 0 Å². The van der Waals surface area contributed by atoms with E-state index in [1.807, 2.05) is 0 Å². The van der Waals surface area contributed by atoms with Crippen LogP contribution in [0.2, 0.25) is 0 Å². The molecule has 1 saturated carbocycles. The summed E-state index contributed by atoms with van der Waals surface area (Å²) in [5.74, 6) is -0.399. The van der Waals surface area contributed by atoms with Crippen molar-refractivity contribution in [2.75, 3.05) is 19.8 Å². The van der Waals surface area contributed by atoms with Crippen LogP contribution in [0.1, 0.15) is 38.5 Å². The van der Waals surface area contributed by atoms with E-state index in [9.17, 15) is 4.79 Å². The number of primary amides is 1. The number of nitrogens with one attached hydrogen (secondary N) is 1. The number of rotatable bonds is 6. The smallest absolute Gasteiger partial charge is 0.243 e. The highest BCUT2D eigenvalue weighted by Gasteiger charge is 2.10. The van der Waals surface area contributed by atoms with Crippen molar-refractivity contribution >= 4 is 5.91 Å². The summed E-state index contributed by atoms with van der Waals surface area (Å²) in [4.78, 5) is 10.4. The molecule has 0 spiro atoms. The van der Waals surface area contributed by atoms with Crippen LogP contribution in [-0.4, -0.2) is 31.7 Å². The lowest BCUT2D eigenvalue weighted by Gasteiger charge is -2.15. The van der Waals surface area contributed by atoms with Gasteiger partial charge in [-0.25, -0.2) is 0 Å². The molecule has 3 N–H and O–H groups in total. The first-order valence-corrected chi connectivity index (χ1v) is 5.88. The van der Waals surface area contributed by atoms with Crippen LogP contribution in [0, 0.1) is 0 Å². The predicted octanol–water partition coefficient (Wildman–Crippen LogP) is 0.801. The van der Waals surface area contributed by atoms with Gasteiger partial charge in [0.2, 0.25) is 5.91 Å². The molecule has 0 heterocycles. The Morgan fingerprint density at radius 2 is 1.93 bits per heavy atom. The number of carbonyl (C=O) groups excluding carboxylic acids is 1. The Morgan fingerprint density at radius 3 is 2.53 bits per heavy atom. The molecule has 15 heavy (non-hydrogen) atoms. The summed E-state index contributed by atoms with van der Waals surface area (Å²) in [7, 11) is 0. The zero-order chi connectivity index (χ0) is 10.9. The van der Waals surface area contributed by atoms with Crippen molar-refractivity contribution in [1.29, 1.82) is 0 Å². The number of hydrogen-bond acceptors (Lipinski definition) is 3. The lowest BCUT2D eigenvalue weighted by atomic mass is 10.1. The van der Waals surface area contributed by atoms with Gasteiger partial charge in [-0.2, -0.15) is 0 Å². The number of ether oxygens (including phenoxy) is 1. The van der Waals surface area contributed by atoms with Gasteiger partial charge in [0.15, 0.2) is 0 Å².